The average Bonchev–Trinajstić information content (AvgIpc) is 2.90. The van der Waals surface area contributed by atoms with Crippen LogP contribution in [-0.4, -0.2) is 23.1 Å². The van der Waals surface area contributed by atoms with E-state index in [2.05, 4.69) is 41.6 Å². The van der Waals surface area contributed by atoms with Crippen molar-refractivity contribution in [2.45, 2.75) is 13.0 Å². The van der Waals surface area contributed by atoms with Crippen LogP contribution in [-0.2, 0) is 11.8 Å². The lowest BCUT2D eigenvalue weighted by molar-refractivity contribution is -0.109. The highest BCUT2D eigenvalue weighted by Gasteiger charge is 2.09. The third-order valence-electron chi connectivity index (χ3n) is 3.96. The van der Waals surface area contributed by atoms with Gasteiger partial charge >= 0.3 is 0 Å². The number of aldehydes is 1. The van der Waals surface area contributed by atoms with Crippen molar-refractivity contribution in [3.05, 3.63) is 53.7 Å². The molecule has 22 heavy (non-hydrogen) atoms. The van der Waals surface area contributed by atoms with Crippen molar-refractivity contribution in [2.24, 2.45) is 7.05 Å². The molecule has 1 heterocycles. The zero-order valence-electron chi connectivity index (χ0n) is 13.0. The largest absolute Gasteiger partial charge is 0.307 e. The van der Waals surface area contributed by atoms with Crippen molar-refractivity contribution in [1.82, 2.24) is 15.1 Å². The molecule has 0 spiro atoms. The number of hydrogen-bond donors (Lipinski definition) is 1. The van der Waals surface area contributed by atoms with E-state index in [9.17, 15) is 4.79 Å². The molecule has 0 fully saturated rings. The third kappa shape index (κ3) is 2.53. The molecule has 0 bridgehead atoms. The van der Waals surface area contributed by atoms with Crippen LogP contribution in [0.3, 0.4) is 0 Å². The molecule has 3 aromatic rings. The molecule has 112 valence electrons. The van der Waals surface area contributed by atoms with Crippen LogP contribution in [0.2, 0.25) is 0 Å². The molecule has 1 atom stereocenters. The van der Waals surface area contributed by atoms with E-state index in [1.165, 1.54) is 0 Å². The van der Waals surface area contributed by atoms with Gasteiger partial charge in [0.05, 0.1) is 11.6 Å². The second-order valence-electron chi connectivity index (χ2n) is 5.56. The summed E-state index contributed by atoms with van der Waals surface area (Å²) in [6.07, 6.45) is 2.95. The van der Waals surface area contributed by atoms with Crippen LogP contribution in [0.1, 0.15) is 17.2 Å². The average molecular weight is 293 g/mol. The van der Waals surface area contributed by atoms with Gasteiger partial charge in [-0.15, -0.1) is 0 Å². The molecule has 3 rings (SSSR count). The lowest BCUT2D eigenvalue weighted by atomic mass is 9.98. The minimum atomic E-state index is -0.253. The Hall–Kier alpha value is -2.46. The third-order valence-corrected chi connectivity index (χ3v) is 3.96. The van der Waals surface area contributed by atoms with Crippen molar-refractivity contribution in [3.63, 3.8) is 0 Å². The number of nitrogens with zero attached hydrogens (tertiary/aromatic N) is 2. The summed E-state index contributed by atoms with van der Waals surface area (Å²) < 4.78 is 1.84. The van der Waals surface area contributed by atoms with Crippen molar-refractivity contribution in [3.8, 4) is 11.1 Å². The number of rotatable bonds is 4. The molecule has 0 aliphatic carbocycles. The number of carbonyl (C=O) groups is 1. The van der Waals surface area contributed by atoms with E-state index in [-0.39, 0.29) is 6.04 Å². The summed E-state index contributed by atoms with van der Waals surface area (Å²) in [7, 11) is 3.72. The molecule has 2 aromatic carbocycles. The molecule has 1 aromatic heterocycles. The monoisotopic (exact) mass is 293 g/mol. The summed E-state index contributed by atoms with van der Waals surface area (Å²) in [4.78, 5) is 11.0. The van der Waals surface area contributed by atoms with Gasteiger partial charge in [-0.2, -0.15) is 5.10 Å². The van der Waals surface area contributed by atoms with Gasteiger partial charge in [-0.3, -0.25) is 4.68 Å². The van der Waals surface area contributed by atoms with Gasteiger partial charge in [-0.1, -0.05) is 24.3 Å². The maximum Gasteiger partial charge on any atom is 0.141 e. The van der Waals surface area contributed by atoms with Crippen LogP contribution in [0.15, 0.2) is 42.6 Å². The fourth-order valence-electron chi connectivity index (χ4n) is 2.79. The highest BCUT2D eigenvalue weighted by atomic mass is 16.1. The van der Waals surface area contributed by atoms with Gasteiger partial charge < -0.3 is 10.1 Å². The lowest BCUT2D eigenvalue weighted by Gasteiger charge is -2.10. The molecular weight excluding hydrogens is 274 g/mol. The number of aromatic nitrogens is 2. The van der Waals surface area contributed by atoms with E-state index >= 15 is 0 Å². The minimum absolute atomic E-state index is 0.253. The van der Waals surface area contributed by atoms with E-state index < -0.39 is 0 Å². The number of likely N-dealkylation sites (N-methyl/N-ethyl adjacent to an activating group) is 1. The summed E-state index contributed by atoms with van der Waals surface area (Å²) >= 11 is 0. The SMILES string of the molecule is CNC(C=O)c1ccc(-c2cc(C)c3nn(C)cc3c2)cc1. The first-order valence-corrected chi connectivity index (χ1v) is 7.29. The number of benzene rings is 2. The van der Waals surface area contributed by atoms with E-state index in [1.807, 2.05) is 30.1 Å². The number of aryl methyl sites for hydroxylation is 2. The number of carbonyl (C=O) groups excluding carboxylic acids is 1. The van der Waals surface area contributed by atoms with Crippen LogP contribution in [0.25, 0.3) is 22.0 Å². The second kappa shape index (κ2) is 5.73. The second-order valence-corrected chi connectivity index (χ2v) is 5.56. The number of hydrogen-bond acceptors (Lipinski definition) is 3. The molecule has 0 saturated carbocycles. The molecule has 0 saturated heterocycles. The maximum atomic E-state index is 11.0. The Morgan fingerprint density at radius 3 is 2.55 bits per heavy atom. The highest BCUT2D eigenvalue weighted by Crippen LogP contribution is 2.27. The van der Waals surface area contributed by atoms with Crippen LogP contribution in [0, 0.1) is 6.92 Å². The molecule has 4 heteroatoms. The van der Waals surface area contributed by atoms with Crippen molar-refractivity contribution < 1.29 is 4.79 Å². The number of nitrogens with one attached hydrogen (secondary N) is 1. The summed E-state index contributed by atoms with van der Waals surface area (Å²) in [6.45, 7) is 2.08. The predicted octanol–water partition coefficient (Wildman–Crippen LogP) is 3.01. The van der Waals surface area contributed by atoms with Crippen LogP contribution < -0.4 is 5.32 Å². The summed E-state index contributed by atoms with van der Waals surface area (Å²) in [5.74, 6) is 0. The molecule has 4 nitrogen and oxygen atoms in total. The van der Waals surface area contributed by atoms with Gasteiger partial charge in [0, 0.05) is 18.6 Å². The molecule has 1 unspecified atom stereocenters. The highest BCUT2D eigenvalue weighted by molar-refractivity contribution is 5.87. The predicted molar refractivity (Wildman–Crippen MR) is 88.8 cm³/mol. The Morgan fingerprint density at radius 2 is 1.91 bits per heavy atom. The Balaban J connectivity index is 2.02. The maximum absolute atomic E-state index is 11.0. The quantitative estimate of drug-likeness (QED) is 0.752. The van der Waals surface area contributed by atoms with Crippen LogP contribution >= 0.6 is 0 Å². The van der Waals surface area contributed by atoms with Gasteiger partial charge in [0.15, 0.2) is 0 Å². The van der Waals surface area contributed by atoms with Gasteiger partial charge in [0.2, 0.25) is 0 Å². The van der Waals surface area contributed by atoms with Gasteiger partial charge in [0.1, 0.15) is 6.29 Å². The first kappa shape index (κ1) is 14.5. The molecule has 0 aliphatic heterocycles. The van der Waals surface area contributed by atoms with Gasteiger partial charge in [-0.05, 0) is 48.4 Å². The van der Waals surface area contributed by atoms with Crippen molar-refractivity contribution >= 4 is 17.2 Å². The lowest BCUT2D eigenvalue weighted by Crippen LogP contribution is -2.17. The molecule has 0 amide bonds. The van der Waals surface area contributed by atoms with Crippen LogP contribution in [0.5, 0.6) is 0 Å². The topological polar surface area (TPSA) is 46.9 Å². The van der Waals surface area contributed by atoms with E-state index in [4.69, 9.17) is 0 Å². The Morgan fingerprint density at radius 1 is 1.18 bits per heavy atom. The minimum Gasteiger partial charge on any atom is -0.307 e. The Kier molecular flexibility index (Phi) is 3.77. The summed E-state index contributed by atoms with van der Waals surface area (Å²) in [5, 5.41) is 8.60. The van der Waals surface area contributed by atoms with Crippen molar-refractivity contribution in [2.75, 3.05) is 7.05 Å². The molecular formula is C18H19N3O. The molecule has 1 N–H and O–H groups in total. The summed E-state index contributed by atoms with van der Waals surface area (Å²) in [6, 6.07) is 12.2. The van der Waals surface area contributed by atoms with Crippen LogP contribution in [0.4, 0.5) is 0 Å². The number of fused-ring (bicyclic) bond motifs is 1. The molecule has 0 radical (unpaired) electrons. The van der Waals surface area contributed by atoms with E-state index in [0.29, 0.717) is 0 Å². The van der Waals surface area contributed by atoms with Gasteiger partial charge in [-0.25, -0.2) is 0 Å². The fourth-order valence-corrected chi connectivity index (χ4v) is 2.79. The summed E-state index contributed by atoms with van der Waals surface area (Å²) in [5.41, 5.74) is 5.48. The zero-order valence-corrected chi connectivity index (χ0v) is 13.0. The normalized spacial score (nSPS) is 12.5. The Labute approximate surface area is 129 Å². The van der Waals surface area contributed by atoms with E-state index in [1.54, 1.807) is 7.05 Å². The van der Waals surface area contributed by atoms with Crippen molar-refractivity contribution in [1.29, 1.82) is 0 Å². The Bertz CT molecular complexity index is 818. The van der Waals surface area contributed by atoms with E-state index in [0.717, 1.165) is 39.4 Å². The smallest absolute Gasteiger partial charge is 0.141 e. The first-order chi connectivity index (χ1) is 10.6. The standard InChI is InChI=1S/C18H19N3O/c1-12-8-15(9-16-10-21(3)20-18(12)16)13-4-6-14(7-5-13)17(11-22)19-2/h4-11,17,19H,1-3H3. The molecule has 0 aliphatic rings. The zero-order chi connectivity index (χ0) is 15.7. The first-order valence-electron chi connectivity index (χ1n) is 7.29. The fraction of sp³-hybridized carbons (Fsp3) is 0.222. The van der Waals surface area contributed by atoms with Gasteiger partial charge in [0.25, 0.3) is 0 Å².